The van der Waals surface area contributed by atoms with Gasteiger partial charge in [0.1, 0.15) is 17.9 Å². The van der Waals surface area contributed by atoms with Gasteiger partial charge in [0.15, 0.2) is 0 Å². The minimum Gasteiger partial charge on any atom is -0.450 e. The van der Waals surface area contributed by atoms with Crippen molar-refractivity contribution in [3.8, 4) is 34.8 Å². The highest BCUT2D eigenvalue weighted by Gasteiger charge is 2.20. The maximum absolute atomic E-state index is 11.3. The van der Waals surface area contributed by atoms with Gasteiger partial charge in [0.25, 0.3) is 0 Å². The number of hydrogen-bond donors (Lipinski definition) is 0. The lowest BCUT2D eigenvalue weighted by molar-refractivity contribution is -0.385. The summed E-state index contributed by atoms with van der Waals surface area (Å²) in [5.41, 5.74) is 1.60. The zero-order chi connectivity index (χ0) is 18.5. The molecule has 3 aromatic carbocycles. The topological polar surface area (TPSA) is 99.9 Å². The summed E-state index contributed by atoms with van der Waals surface area (Å²) in [6.45, 7) is 0. The number of nitrogens with zero attached hydrogens (tertiary/aromatic N) is 3. The number of benzene rings is 3. The van der Waals surface area contributed by atoms with E-state index in [0.717, 1.165) is 17.2 Å². The lowest BCUT2D eigenvalue weighted by Gasteiger charge is -2.08. The van der Waals surface area contributed by atoms with Crippen molar-refractivity contribution >= 4 is 5.69 Å². The summed E-state index contributed by atoms with van der Waals surface area (Å²) >= 11 is 0. The molecule has 0 fully saturated rings. The molecule has 0 heterocycles. The maximum atomic E-state index is 11.3. The standard InChI is InChI=1S/C20H11N3O3/c21-12-16-10-19(23(24)25)20(11-17(16)13-22)26-18-8-6-15(7-9-18)14-4-2-1-3-5-14/h1-11H. The van der Waals surface area contributed by atoms with E-state index in [9.17, 15) is 10.1 Å². The number of hydrogen-bond acceptors (Lipinski definition) is 5. The molecule has 0 atom stereocenters. The number of rotatable bonds is 4. The summed E-state index contributed by atoms with van der Waals surface area (Å²) in [6.07, 6.45) is 0. The van der Waals surface area contributed by atoms with Crippen LogP contribution < -0.4 is 4.74 Å². The highest BCUT2D eigenvalue weighted by molar-refractivity contribution is 5.64. The summed E-state index contributed by atoms with van der Waals surface area (Å²) in [5.74, 6) is 0.305. The third-order valence-corrected chi connectivity index (χ3v) is 3.73. The fraction of sp³-hybridized carbons (Fsp3) is 0. The predicted octanol–water partition coefficient (Wildman–Crippen LogP) is 4.80. The minimum atomic E-state index is -0.643. The first-order valence-electron chi connectivity index (χ1n) is 7.58. The van der Waals surface area contributed by atoms with Crippen LogP contribution in [0.3, 0.4) is 0 Å². The van der Waals surface area contributed by atoms with E-state index < -0.39 is 4.92 Å². The van der Waals surface area contributed by atoms with Gasteiger partial charge in [-0.25, -0.2) is 0 Å². The van der Waals surface area contributed by atoms with Crippen LogP contribution in [0.1, 0.15) is 11.1 Å². The first-order chi connectivity index (χ1) is 12.6. The Balaban J connectivity index is 1.95. The van der Waals surface area contributed by atoms with Gasteiger partial charge < -0.3 is 4.74 Å². The Hall–Kier alpha value is -4.16. The van der Waals surface area contributed by atoms with Crippen LogP contribution >= 0.6 is 0 Å². The van der Waals surface area contributed by atoms with Gasteiger partial charge in [0.05, 0.1) is 16.1 Å². The average Bonchev–Trinajstić information content (AvgIpc) is 2.68. The van der Waals surface area contributed by atoms with E-state index in [1.807, 2.05) is 48.5 Å². The Labute approximate surface area is 149 Å². The Morgan fingerprint density at radius 1 is 0.846 bits per heavy atom. The van der Waals surface area contributed by atoms with Crippen molar-refractivity contribution in [1.82, 2.24) is 0 Å². The van der Waals surface area contributed by atoms with Crippen molar-refractivity contribution < 1.29 is 9.66 Å². The van der Waals surface area contributed by atoms with E-state index >= 15 is 0 Å². The van der Waals surface area contributed by atoms with Gasteiger partial charge in [0.2, 0.25) is 5.75 Å². The molecule has 3 rings (SSSR count). The molecule has 26 heavy (non-hydrogen) atoms. The van der Waals surface area contributed by atoms with Crippen LogP contribution in [0.25, 0.3) is 11.1 Å². The molecule has 0 saturated heterocycles. The molecular weight excluding hydrogens is 330 g/mol. The maximum Gasteiger partial charge on any atom is 0.312 e. The molecule has 0 amide bonds. The zero-order valence-corrected chi connectivity index (χ0v) is 13.4. The van der Waals surface area contributed by atoms with E-state index in [1.165, 1.54) is 6.07 Å². The van der Waals surface area contributed by atoms with Crippen molar-refractivity contribution in [2.75, 3.05) is 0 Å². The smallest absolute Gasteiger partial charge is 0.312 e. The van der Waals surface area contributed by atoms with E-state index in [2.05, 4.69) is 0 Å². The summed E-state index contributed by atoms with van der Waals surface area (Å²) in [7, 11) is 0. The van der Waals surface area contributed by atoms with Crippen molar-refractivity contribution in [2.24, 2.45) is 0 Å². The number of nitriles is 2. The second-order valence-electron chi connectivity index (χ2n) is 5.34. The molecule has 0 spiro atoms. The van der Waals surface area contributed by atoms with Gasteiger partial charge >= 0.3 is 5.69 Å². The van der Waals surface area contributed by atoms with E-state index in [1.54, 1.807) is 18.2 Å². The van der Waals surface area contributed by atoms with Gasteiger partial charge in [-0.3, -0.25) is 10.1 Å². The van der Waals surface area contributed by atoms with Crippen molar-refractivity contribution in [3.63, 3.8) is 0 Å². The van der Waals surface area contributed by atoms with E-state index in [4.69, 9.17) is 15.3 Å². The fourth-order valence-electron chi connectivity index (χ4n) is 2.45. The normalized spacial score (nSPS) is 9.77. The molecule has 6 heteroatoms. The van der Waals surface area contributed by atoms with Crippen LogP contribution in [-0.4, -0.2) is 4.92 Å². The molecule has 0 aliphatic carbocycles. The van der Waals surface area contributed by atoms with Gasteiger partial charge in [-0.2, -0.15) is 10.5 Å². The predicted molar refractivity (Wildman–Crippen MR) is 94.5 cm³/mol. The molecule has 0 N–H and O–H groups in total. The number of ether oxygens (including phenoxy) is 1. The average molecular weight is 341 g/mol. The highest BCUT2D eigenvalue weighted by atomic mass is 16.6. The van der Waals surface area contributed by atoms with Gasteiger partial charge in [-0.15, -0.1) is 0 Å². The molecule has 6 nitrogen and oxygen atoms in total. The van der Waals surface area contributed by atoms with Crippen molar-refractivity contribution in [3.05, 3.63) is 88.0 Å². The zero-order valence-electron chi connectivity index (χ0n) is 13.4. The first kappa shape index (κ1) is 16.7. The first-order valence-corrected chi connectivity index (χ1v) is 7.58. The molecule has 0 aliphatic heterocycles. The van der Waals surface area contributed by atoms with Crippen LogP contribution in [0.2, 0.25) is 0 Å². The molecule has 0 bridgehead atoms. The molecule has 0 aliphatic rings. The van der Waals surface area contributed by atoms with Gasteiger partial charge in [0, 0.05) is 12.1 Å². The molecular formula is C20H11N3O3. The lowest BCUT2D eigenvalue weighted by Crippen LogP contribution is -1.96. The SMILES string of the molecule is N#Cc1cc(Oc2ccc(-c3ccccc3)cc2)c([N+](=O)[O-])cc1C#N. The van der Waals surface area contributed by atoms with Crippen molar-refractivity contribution in [2.45, 2.75) is 0 Å². The third kappa shape index (κ3) is 3.35. The Kier molecular flexibility index (Phi) is 4.60. The quantitative estimate of drug-likeness (QED) is 0.501. The molecule has 124 valence electrons. The van der Waals surface area contributed by atoms with Crippen LogP contribution in [0, 0.1) is 32.8 Å². The summed E-state index contributed by atoms with van der Waals surface area (Å²) in [6, 6.07) is 22.7. The van der Waals surface area contributed by atoms with Crippen LogP contribution in [0.5, 0.6) is 11.5 Å². The van der Waals surface area contributed by atoms with Crippen LogP contribution in [0.15, 0.2) is 66.7 Å². The fourth-order valence-corrected chi connectivity index (χ4v) is 2.45. The van der Waals surface area contributed by atoms with Crippen molar-refractivity contribution in [1.29, 1.82) is 10.5 Å². The molecule has 0 aromatic heterocycles. The summed E-state index contributed by atoms with van der Waals surface area (Å²) in [4.78, 5) is 10.6. The Bertz CT molecular complexity index is 1050. The van der Waals surface area contributed by atoms with E-state index in [0.29, 0.717) is 5.75 Å². The van der Waals surface area contributed by atoms with Gasteiger partial charge in [-0.05, 0) is 23.3 Å². The minimum absolute atomic E-state index is 0.0222. The summed E-state index contributed by atoms with van der Waals surface area (Å²) < 4.78 is 5.60. The number of nitro groups is 1. The molecule has 3 aromatic rings. The van der Waals surface area contributed by atoms with Gasteiger partial charge in [-0.1, -0.05) is 42.5 Å². The highest BCUT2D eigenvalue weighted by Crippen LogP contribution is 2.34. The Morgan fingerprint density at radius 2 is 1.42 bits per heavy atom. The van der Waals surface area contributed by atoms with Crippen LogP contribution in [-0.2, 0) is 0 Å². The number of nitro benzene ring substituents is 1. The largest absolute Gasteiger partial charge is 0.450 e. The second kappa shape index (κ2) is 7.16. The van der Waals surface area contributed by atoms with E-state index in [-0.39, 0.29) is 22.6 Å². The lowest BCUT2D eigenvalue weighted by atomic mass is 10.1. The van der Waals surface area contributed by atoms with Crippen LogP contribution in [0.4, 0.5) is 5.69 Å². The molecule has 0 unspecified atom stereocenters. The third-order valence-electron chi connectivity index (χ3n) is 3.73. The summed E-state index contributed by atoms with van der Waals surface area (Å²) in [5, 5.41) is 29.4. The monoisotopic (exact) mass is 341 g/mol. The Morgan fingerprint density at radius 3 is 2.00 bits per heavy atom. The molecule has 0 saturated carbocycles. The second-order valence-corrected chi connectivity index (χ2v) is 5.34. The molecule has 0 radical (unpaired) electrons.